The number of benzene rings is 1. The van der Waals surface area contributed by atoms with Crippen LogP contribution in [0.15, 0.2) is 47.4 Å². The van der Waals surface area contributed by atoms with Gasteiger partial charge in [-0.3, -0.25) is 4.79 Å². The van der Waals surface area contributed by atoms with Crippen molar-refractivity contribution in [2.24, 2.45) is 11.8 Å². The summed E-state index contributed by atoms with van der Waals surface area (Å²) in [4.78, 5) is 20.5. The highest BCUT2D eigenvalue weighted by Crippen LogP contribution is 2.37. The molecular weight excluding hydrogens is 328 g/mol. The number of aryl methyl sites for hydroxylation is 1. The summed E-state index contributed by atoms with van der Waals surface area (Å²) in [5.74, 6) is 1.52. The van der Waals surface area contributed by atoms with Crippen LogP contribution in [0.5, 0.6) is 0 Å². The molecule has 6 nitrogen and oxygen atoms in total. The largest absolute Gasteiger partial charge is 0.356 e. The maximum Gasteiger partial charge on any atom is 0.223 e. The van der Waals surface area contributed by atoms with Gasteiger partial charge in [0.05, 0.1) is 17.0 Å². The molecule has 2 heterocycles. The van der Waals surface area contributed by atoms with Crippen LogP contribution in [0.3, 0.4) is 0 Å². The van der Waals surface area contributed by atoms with Gasteiger partial charge < -0.3 is 9.84 Å². The van der Waals surface area contributed by atoms with Crippen LogP contribution in [0.25, 0.3) is 22.6 Å². The van der Waals surface area contributed by atoms with Gasteiger partial charge in [0.1, 0.15) is 6.33 Å². The standard InChI is InChI=1S/C20H20N4O2/c1-12-7-16(12)20(25)22-9-14-3-5-15(6-4-14)19-17(10-21-11-23-19)18-8-13(2)24-26-18/h3-6,8,10-12,16H,7,9H2,1-2H3,(H,22,25)/t12-,16-/m0/s1. The molecule has 3 aromatic rings. The molecule has 2 atom stereocenters. The van der Waals surface area contributed by atoms with Gasteiger partial charge in [-0.1, -0.05) is 36.3 Å². The lowest BCUT2D eigenvalue weighted by molar-refractivity contribution is -0.122. The van der Waals surface area contributed by atoms with E-state index in [9.17, 15) is 4.79 Å². The van der Waals surface area contributed by atoms with Crippen LogP contribution in [0, 0.1) is 18.8 Å². The minimum atomic E-state index is 0.153. The number of carbonyl (C=O) groups excluding carboxylic acids is 1. The number of nitrogens with zero attached hydrogens (tertiary/aromatic N) is 3. The molecule has 6 heteroatoms. The lowest BCUT2D eigenvalue weighted by Crippen LogP contribution is -2.24. The second kappa shape index (κ2) is 6.71. The van der Waals surface area contributed by atoms with Gasteiger partial charge in [0.15, 0.2) is 5.76 Å². The number of nitrogens with one attached hydrogen (secondary N) is 1. The number of hydrogen-bond donors (Lipinski definition) is 1. The van der Waals surface area contributed by atoms with Crippen LogP contribution in [-0.2, 0) is 11.3 Å². The van der Waals surface area contributed by atoms with Crippen LogP contribution in [0.4, 0.5) is 0 Å². The van der Waals surface area contributed by atoms with Crippen molar-refractivity contribution in [3.8, 4) is 22.6 Å². The summed E-state index contributed by atoms with van der Waals surface area (Å²) >= 11 is 0. The fourth-order valence-electron chi connectivity index (χ4n) is 3.02. The van der Waals surface area contributed by atoms with E-state index in [4.69, 9.17) is 4.52 Å². The van der Waals surface area contributed by atoms with E-state index in [0.717, 1.165) is 34.5 Å². The third-order valence-electron chi connectivity index (χ3n) is 4.75. The first-order chi connectivity index (χ1) is 12.6. The summed E-state index contributed by atoms with van der Waals surface area (Å²) in [7, 11) is 0. The molecule has 0 aliphatic heterocycles. The topological polar surface area (TPSA) is 80.9 Å². The van der Waals surface area contributed by atoms with Gasteiger partial charge in [0.25, 0.3) is 0 Å². The fourth-order valence-corrected chi connectivity index (χ4v) is 3.02. The van der Waals surface area contributed by atoms with E-state index < -0.39 is 0 Å². The quantitative estimate of drug-likeness (QED) is 0.764. The Kier molecular flexibility index (Phi) is 4.24. The third-order valence-corrected chi connectivity index (χ3v) is 4.75. The summed E-state index contributed by atoms with van der Waals surface area (Å²) in [6.07, 6.45) is 4.25. The molecule has 4 rings (SSSR count). The molecule has 0 unspecified atom stereocenters. The van der Waals surface area contributed by atoms with E-state index in [1.165, 1.54) is 6.33 Å². The van der Waals surface area contributed by atoms with Crippen molar-refractivity contribution < 1.29 is 9.32 Å². The van der Waals surface area contributed by atoms with Crippen LogP contribution in [0.2, 0.25) is 0 Å². The van der Waals surface area contributed by atoms with E-state index in [-0.39, 0.29) is 11.8 Å². The van der Waals surface area contributed by atoms with Crippen LogP contribution in [-0.4, -0.2) is 21.0 Å². The molecule has 0 spiro atoms. The molecule has 1 aliphatic carbocycles. The molecule has 0 saturated heterocycles. The fraction of sp³-hybridized carbons (Fsp3) is 0.300. The number of amides is 1. The van der Waals surface area contributed by atoms with Crippen molar-refractivity contribution in [3.05, 3.63) is 54.1 Å². The average molecular weight is 348 g/mol. The van der Waals surface area contributed by atoms with E-state index in [1.807, 2.05) is 37.3 Å². The molecule has 0 bridgehead atoms. The summed E-state index contributed by atoms with van der Waals surface area (Å²) in [5.41, 5.74) is 4.42. The first-order valence-corrected chi connectivity index (χ1v) is 8.72. The van der Waals surface area contributed by atoms with Crippen molar-refractivity contribution in [2.75, 3.05) is 0 Å². The Morgan fingerprint density at radius 3 is 2.73 bits per heavy atom. The molecular formula is C20H20N4O2. The second-order valence-electron chi connectivity index (χ2n) is 6.85. The Hall–Kier alpha value is -3.02. The van der Waals surface area contributed by atoms with E-state index in [2.05, 4.69) is 27.4 Å². The molecule has 1 saturated carbocycles. The van der Waals surface area contributed by atoms with Crippen molar-refractivity contribution >= 4 is 5.91 Å². The summed E-state index contributed by atoms with van der Waals surface area (Å²) in [5, 5.41) is 6.94. The molecule has 132 valence electrons. The zero-order valence-corrected chi connectivity index (χ0v) is 14.8. The molecule has 2 aromatic heterocycles. The molecule has 1 fully saturated rings. The summed E-state index contributed by atoms with van der Waals surface area (Å²) in [6.45, 7) is 4.52. The van der Waals surface area contributed by atoms with Crippen molar-refractivity contribution in [3.63, 3.8) is 0 Å². The highest BCUT2D eigenvalue weighted by molar-refractivity contribution is 5.81. The number of aromatic nitrogens is 3. The highest BCUT2D eigenvalue weighted by Gasteiger charge is 2.38. The normalized spacial score (nSPS) is 18.5. The molecule has 26 heavy (non-hydrogen) atoms. The number of hydrogen-bond acceptors (Lipinski definition) is 5. The minimum absolute atomic E-state index is 0.153. The highest BCUT2D eigenvalue weighted by atomic mass is 16.5. The van der Waals surface area contributed by atoms with E-state index in [1.54, 1.807) is 6.20 Å². The molecule has 1 aliphatic rings. The maximum atomic E-state index is 11.9. The van der Waals surface area contributed by atoms with Crippen molar-refractivity contribution in [1.29, 1.82) is 0 Å². The number of carbonyl (C=O) groups is 1. The van der Waals surface area contributed by atoms with Crippen LogP contribution in [0.1, 0.15) is 24.6 Å². The zero-order valence-electron chi connectivity index (χ0n) is 14.8. The predicted molar refractivity (Wildman–Crippen MR) is 96.8 cm³/mol. The molecule has 0 radical (unpaired) electrons. The van der Waals surface area contributed by atoms with Crippen molar-refractivity contribution in [1.82, 2.24) is 20.4 Å². The Morgan fingerprint density at radius 1 is 1.31 bits per heavy atom. The summed E-state index contributed by atoms with van der Waals surface area (Å²) < 4.78 is 5.36. The van der Waals surface area contributed by atoms with Gasteiger partial charge in [-0.2, -0.15) is 0 Å². The lowest BCUT2D eigenvalue weighted by Gasteiger charge is -2.08. The van der Waals surface area contributed by atoms with Gasteiger partial charge in [-0.05, 0) is 24.8 Å². The van der Waals surface area contributed by atoms with Gasteiger partial charge in [-0.25, -0.2) is 9.97 Å². The average Bonchev–Trinajstić information content (AvgIpc) is 3.24. The van der Waals surface area contributed by atoms with Gasteiger partial charge >= 0.3 is 0 Å². The third kappa shape index (κ3) is 3.35. The lowest BCUT2D eigenvalue weighted by atomic mass is 10.0. The van der Waals surface area contributed by atoms with Crippen LogP contribution >= 0.6 is 0 Å². The first kappa shape index (κ1) is 16.4. The SMILES string of the molecule is Cc1cc(-c2cncnc2-c2ccc(CNC(=O)[C@H]3C[C@@H]3C)cc2)on1. The summed E-state index contributed by atoms with van der Waals surface area (Å²) in [6, 6.07) is 9.87. The van der Waals surface area contributed by atoms with Crippen molar-refractivity contribution in [2.45, 2.75) is 26.8 Å². The first-order valence-electron chi connectivity index (χ1n) is 8.72. The predicted octanol–water partition coefficient (Wildman–Crippen LogP) is 3.38. The smallest absolute Gasteiger partial charge is 0.223 e. The Morgan fingerprint density at radius 2 is 2.08 bits per heavy atom. The Bertz CT molecular complexity index is 933. The maximum absolute atomic E-state index is 11.9. The zero-order chi connectivity index (χ0) is 18.1. The van der Waals surface area contributed by atoms with Gasteiger partial charge in [0.2, 0.25) is 5.91 Å². The Balaban J connectivity index is 1.51. The van der Waals surface area contributed by atoms with Crippen LogP contribution < -0.4 is 5.32 Å². The van der Waals surface area contributed by atoms with E-state index >= 15 is 0 Å². The monoisotopic (exact) mass is 348 g/mol. The molecule has 1 N–H and O–H groups in total. The van der Waals surface area contributed by atoms with Gasteiger partial charge in [-0.15, -0.1) is 0 Å². The molecule has 1 aromatic carbocycles. The number of rotatable bonds is 5. The Labute approximate surface area is 151 Å². The second-order valence-corrected chi connectivity index (χ2v) is 6.85. The molecule has 1 amide bonds. The van der Waals surface area contributed by atoms with Gasteiger partial charge in [0, 0.05) is 30.3 Å². The minimum Gasteiger partial charge on any atom is -0.356 e. The van der Waals surface area contributed by atoms with E-state index in [0.29, 0.717) is 18.2 Å².